The summed E-state index contributed by atoms with van der Waals surface area (Å²) in [7, 11) is 0. The minimum absolute atomic E-state index is 0.0362. The molecule has 4 atom stereocenters. The van der Waals surface area contributed by atoms with Gasteiger partial charge in [0.1, 0.15) is 0 Å². The molecule has 2 N–H and O–H groups in total. The van der Waals surface area contributed by atoms with Gasteiger partial charge in [-0.15, -0.1) is 5.92 Å². The van der Waals surface area contributed by atoms with Crippen LogP contribution in [-0.2, 0) is 4.79 Å². The van der Waals surface area contributed by atoms with Crippen molar-refractivity contribution < 1.29 is 4.79 Å². The van der Waals surface area contributed by atoms with E-state index in [-0.39, 0.29) is 23.8 Å². The fourth-order valence-corrected chi connectivity index (χ4v) is 4.33. The van der Waals surface area contributed by atoms with Gasteiger partial charge < -0.3 is 10.6 Å². The maximum absolute atomic E-state index is 13.6. The van der Waals surface area contributed by atoms with Crippen molar-refractivity contribution in [2.24, 2.45) is 17.6 Å². The zero-order chi connectivity index (χ0) is 24.1. The number of hydrogen-bond acceptors (Lipinski definition) is 3. The van der Waals surface area contributed by atoms with Gasteiger partial charge in [-0.25, -0.2) is 0 Å². The number of carbonyl (C=O) groups excluding carboxylic acids is 1. The molecule has 1 amide bonds. The van der Waals surface area contributed by atoms with Crippen LogP contribution in [0.3, 0.4) is 0 Å². The molecule has 4 nitrogen and oxygen atoms in total. The largest absolute Gasteiger partial charge is 0.326 e. The second kappa shape index (κ2) is 10.7. The normalized spacial score (nSPS) is 18.4. The van der Waals surface area contributed by atoms with Gasteiger partial charge in [0.2, 0.25) is 5.91 Å². The molecule has 1 unspecified atom stereocenters. The van der Waals surface area contributed by atoms with Gasteiger partial charge in [0, 0.05) is 47.6 Å². The molecular weight excluding hydrogens is 418 g/mol. The molecule has 1 fully saturated rings. The monoisotopic (exact) mass is 451 g/mol. The topological polar surface area (TPSA) is 59.2 Å². The van der Waals surface area contributed by atoms with E-state index in [9.17, 15) is 4.79 Å². The third kappa shape index (κ3) is 5.38. The van der Waals surface area contributed by atoms with Crippen molar-refractivity contribution in [1.82, 2.24) is 4.98 Å². The molecule has 174 valence electrons. The summed E-state index contributed by atoms with van der Waals surface area (Å²) in [5, 5.41) is 0. The van der Waals surface area contributed by atoms with Crippen LogP contribution in [0.5, 0.6) is 0 Å². The van der Waals surface area contributed by atoms with Crippen molar-refractivity contribution in [3.63, 3.8) is 0 Å². The molecule has 1 saturated carbocycles. The lowest BCUT2D eigenvalue weighted by Crippen LogP contribution is -2.45. The Morgan fingerprint density at radius 1 is 1.09 bits per heavy atom. The molecule has 0 radical (unpaired) electrons. The van der Waals surface area contributed by atoms with Gasteiger partial charge in [0.05, 0.1) is 0 Å². The number of amides is 1. The predicted molar refractivity (Wildman–Crippen MR) is 139 cm³/mol. The quantitative estimate of drug-likeness (QED) is 0.452. The Morgan fingerprint density at radius 2 is 1.76 bits per heavy atom. The van der Waals surface area contributed by atoms with E-state index in [1.54, 1.807) is 6.20 Å². The Balaban J connectivity index is 1.56. The second-order valence-electron chi connectivity index (χ2n) is 9.20. The van der Waals surface area contributed by atoms with Crippen LogP contribution in [0.15, 0.2) is 72.9 Å². The van der Waals surface area contributed by atoms with E-state index in [0.29, 0.717) is 12.5 Å². The summed E-state index contributed by atoms with van der Waals surface area (Å²) in [6.45, 7) is 6.65. The predicted octanol–water partition coefficient (Wildman–Crippen LogP) is 5.63. The molecule has 0 aliphatic heterocycles. The molecule has 4 heteroatoms. The molecular formula is C30H33N3O. The molecule has 1 aliphatic carbocycles. The molecule has 1 heterocycles. The summed E-state index contributed by atoms with van der Waals surface area (Å²) in [6, 6.07) is 22.3. The SMILES string of the molecule is CC#Cc1ccc(-c2ccc(N(C[C@@H](N)C(C)CC)C(=O)[C@@H]3C[C@H]3c3ccccn3)cc2)cc1. The van der Waals surface area contributed by atoms with E-state index in [1.807, 2.05) is 54.3 Å². The lowest BCUT2D eigenvalue weighted by molar-refractivity contribution is -0.120. The fraction of sp³-hybridized carbons (Fsp3) is 0.333. The number of benzene rings is 2. The average Bonchev–Trinajstić information content (AvgIpc) is 3.69. The molecule has 1 aliphatic rings. The van der Waals surface area contributed by atoms with Gasteiger partial charge in [-0.3, -0.25) is 9.78 Å². The molecule has 4 rings (SSSR count). The van der Waals surface area contributed by atoms with E-state index in [4.69, 9.17) is 5.73 Å². The van der Waals surface area contributed by atoms with E-state index < -0.39 is 0 Å². The van der Waals surface area contributed by atoms with Crippen molar-refractivity contribution in [3.8, 4) is 23.0 Å². The Hall–Kier alpha value is -3.42. The summed E-state index contributed by atoms with van der Waals surface area (Å²) >= 11 is 0. The third-order valence-corrected chi connectivity index (χ3v) is 6.88. The summed E-state index contributed by atoms with van der Waals surface area (Å²) in [6.07, 6.45) is 3.63. The maximum Gasteiger partial charge on any atom is 0.230 e. The van der Waals surface area contributed by atoms with Gasteiger partial charge >= 0.3 is 0 Å². The second-order valence-corrected chi connectivity index (χ2v) is 9.20. The molecule has 3 aromatic rings. The summed E-state index contributed by atoms with van der Waals surface area (Å²) in [4.78, 5) is 20.0. The molecule has 0 saturated heterocycles. The summed E-state index contributed by atoms with van der Waals surface area (Å²) in [5.74, 6) is 6.64. The van der Waals surface area contributed by atoms with Crippen molar-refractivity contribution in [1.29, 1.82) is 0 Å². The van der Waals surface area contributed by atoms with Crippen LogP contribution in [0.1, 0.15) is 50.8 Å². The highest BCUT2D eigenvalue weighted by molar-refractivity contribution is 5.97. The summed E-state index contributed by atoms with van der Waals surface area (Å²) < 4.78 is 0. The van der Waals surface area contributed by atoms with Crippen molar-refractivity contribution >= 4 is 11.6 Å². The van der Waals surface area contributed by atoms with Crippen LogP contribution >= 0.6 is 0 Å². The highest BCUT2D eigenvalue weighted by Gasteiger charge is 2.47. The van der Waals surface area contributed by atoms with Crippen molar-refractivity contribution in [2.75, 3.05) is 11.4 Å². The molecule has 0 bridgehead atoms. The minimum Gasteiger partial charge on any atom is -0.326 e. The first-order valence-electron chi connectivity index (χ1n) is 12.1. The van der Waals surface area contributed by atoms with E-state index in [0.717, 1.165) is 40.9 Å². The van der Waals surface area contributed by atoms with Crippen LogP contribution < -0.4 is 10.6 Å². The average molecular weight is 452 g/mol. The molecule has 0 spiro atoms. The Bertz CT molecular complexity index is 1160. The smallest absolute Gasteiger partial charge is 0.230 e. The molecule has 34 heavy (non-hydrogen) atoms. The Kier molecular flexibility index (Phi) is 7.45. The van der Waals surface area contributed by atoms with E-state index in [2.05, 4.69) is 54.9 Å². The van der Waals surface area contributed by atoms with Crippen molar-refractivity contribution in [2.45, 2.75) is 45.6 Å². The van der Waals surface area contributed by atoms with E-state index in [1.165, 1.54) is 0 Å². The van der Waals surface area contributed by atoms with Crippen LogP contribution in [-0.4, -0.2) is 23.5 Å². The fourth-order valence-electron chi connectivity index (χ4n) is 4.33. The first-order valence-corrected chi connectivity index (χ1v) is 12.1. The number of aromatic nitrogens is 1. The lowest BCUT2D eigenvalue weighted by Gasteiger charge is -2.29. The lowest BCUT2D eigenvalue weighted by atomic mass is 9.98. The number of hydrogen-bond donors (Lipinski definition) is 1. The van der Waals surface area contributed by atoms with Gasteiger partial charge in [0.25, 0.3) is 0 Å². The zero-order valence-electron chi connectivity index (χ0n) is 20.2. The number of rotatable bonds is 8. The van der Waals surface area contributed by atoms with E-state index >= 15 is 0 Å². The van der Waals surface area contributed by atoms with Gasteiger partial charge in [0.15, 0.2) is 0 Å². The highest BCUT2D eigenvalue weighted by atomic mass is 16.2. The number of pyridine rings is 1. The maximum atomic E-state index is 13.6. The first-order chi connectivity index (χ1) is 16.5. The number of nitrogens with zero attached hydrogens (tertiary/aromatic N) is 2. The standard InChI is InChI=1S/C30H33N3O/c1-4-8-22-10-12-23(13-11-22)24-14-16-25(17-15-24)33(20-28(31)21(3)5-2)30(34)27-19-26(27)29-9-6-7-18-32-29/h6-7,9-18,21,26-28H,5,19-20,31H2,1-3H3/t21?,26-,27-,28-/m1/s1. The molecule has 1 aromatic heterocycles. The number of anilines is 1. The highest BCUT2D eigenvalue weighted by Crippen LogP contribution is 2.48. The third-order valence-electron chi connectivity index (χ3n) is 6.88. The number of carbonyl (C=O) groups is 1. The van der Waals surface area contributed by atoms with Gasteiger partial charge in [-0.1, -0.05) is 56.5 Å². The Morgan fingerprint density at radius 3 is 2.35 bits per heavy atom. The number of nitrogens with two attached hydrogens (primary N) is 1. The van der Waals surface area contributed by atoms with Crippen LogP contribution in [0, 0.1) is 23.7 Å². The molecule has 2 aromatic carbocycles. The minimum atomic E-state index is -0.0760. The zero-order valence-corrected chi connectivity index (χ0v) is 20.2. The van der Waals surface area contributed by atoms with Gasteiger partial charge in [-0.2, -0.15) is 0 Å². The van der Waals surface area contributed by atoms with Crippen molar-refractivity contribution in [3.05, 3.63) is 84.2 Å². The van der Waals surface area contributed by atoms with Crippen LogP contribution in [0.2, 0.25) is 0 Å². The Labute approximate surface area is 203 Å². The van der Waals surface area contributed by atoms with Crippen LogP contribution in [0.25, 0.3) is 11.1 Å². The van der Waals surface area contributed by atoms with Crippen LogP contribution in [0.4, 0.5) is 5.69 Å². The first kappa shape index (κ1) is 23.7. The van der Waals surface area contributed by atoms with Gasteiger partial charge in [-0.05, 0) is 66.8 Å². The summed E-state index contributed by atoms with van der Waals surface area (Å²) in [5.41, 5.74) is 11.6.